The highest BCUT2D eigenvalue weighted by atomic mass is 35.5. The van der Waals surface area contributed by atoms with Crippen molar-refractivity contribution >= 4 is 41.5 Å². The summed E-state index contributed by atoms with van der Waals surface area (Å²) in [5, 5.41) is 4.51. The third kappa shape index (κ3) is 3.32. The molecule has 1 aromatic carbocycles. The van der Waals surface area contributed by atoms with Crippen LogP contribution >= 0.6 is 24.8 Å². The van der Waals surface area contributed by atoms with Gasteiger partial charge in [0, 0.05) is 24.5 Å². The van der Waals surface area contributed by atoms with Gasteiger partial charge in [-0.15, -0.1) is 24.8 Å². The van der Waals surface area contributed by atoms with Crippen LogP contribution in [0, 0.1) is 0 Å². The first kappa shape index (κ1) is 17.0. The largest absolute Gasteiger partial charge is 0.356 e. The number of aromatic nitrogens is 2. The molecule has 6 heteroatoms. The number of rotatable bonds is 2. The molecule has 1 fully saturated rings. The van der Waals surface area contributed by atoms with Gasteiger partial charge >= 0.3 is 0 Å². The van der Waals surface area contributed by atoms with Crippen molar-refractivity contribution in [3.05, 3.63) is 30.6 Å². The fraction of sp³-hybridized carbons (Fsp3) is 0.429. The smallest absolute Gasteiger partial charge is 0.139 e. The van der Waals surface area contributed by atoms with Crippen molar-refractivity contribution < 1.29 is 0 Å². The molecule has 110 valence electrons. The number of piperidine rings is 1. The van der Waals surface area contributed by atoms with Crippen LogP contribution in [0.15, 0.2) is 30.6 Å². The Morgan fingerprint density at radius 1 is 1.10 bits per heavy atom. The summed E-state index contributed by atoms with van der Waals surface area (Å²) in [5.74, 6) is 1.08. The second-order valence-corrected chi connectivity index (χ2v) is 4.76. The van der Waals surface area contributed by atoms with E-state index in [4.69, 9.17) is 0 Å². The van der Waals surface area contributed by atoms with Crippen molar-refractivity contribution in [2.75, 3.05) is 25.0 Å². The standard InChI is InChI=1S/C14H18N4.2ClH/c1-15-11-6-8-18(9-7-11)14-12-4-2-3-5-13(12)16-10-17-14;;/h2-5,10-11,15H,6-9H2,1H3;2*1H. The van der Waals surface area contributed by atoms with Gasteiger partial charge in [-0.25, -0.2) is 9.97 Å². The van der Waals surface area contributed by atoms with Crippen LogP contribution < -0.4 is 10.2 Å². The van der Waals surface area contributed by atoms with E-state index in [0.717, 1.165) is 29.8 Å². The zero-order valence-corrected chi connectivity index (χ0v) is 13.1. The van der Waals surface area contributed by atoms with Crippen molar-refractivity contribution in [3.8, 4) is 0 Å². The summed E-state index contributed by atoms with van der Waals surface area (Å²) in [6, 6.07) is 8.87. The average Bonchev–Trinajstić information content (AvgIpc) is 2.47. The molecule has 0 bridgehead atoms. The van der Waals surface area contributed by atoms with E-state index in [1.807, 2.05) is 19.2 Å². The first-order chi connectivity index (χ1) is 8.88. The Morgan fingerprint density at radius 2 is 1.80 bits per heavy atom. The van der Waals surface area contributed by atoms with Crippen LogP contribution in [-0.4, -0.2) is 36.1 Å². The van der Waals surface area contributed by atoms with Gasteiger partial charge in [-0.2, -0.15) is 0 Å². The number of fused-ring (bicyclic) bond motifs is 1. The van der Waals surface area contributed by atoms with Crippen molar-refractivity contribution in [2.45, 2.75) is 18.9 Å². The van der Waals surface area contributed by atoms with Gasteiger partial charge in [0.25, 0.3) is 0 Å². The van der Waals surface area contributed by atoms with Crippen LogP contribution in [0.4, 0.5) is 5.82 Å². The van der Waals surface area contributed by atoms with E-state index in [1.165, 1.54) is 12.8 Å². The van der Waals surface area contributed by atoms with Gasteiger partial charge in [-0.3, -0.25) is 0 Å². The minimum Gasteiger partial charge on any atom is -0.356 e. The number of benzene rings is 1. The average molecular weight is 315 g/mol. The molecule has 1 aromatic heterocycles. The molecule has 4 nitrogen and oxygen atoms in total. The monoisotopic (exact) mass is 314 g/mol. The number of nitrogens with zero attached hydrogens (tertiary/aromatic N) is 3. The van der Waals surface area contributed by atoms with Crippen LogP contribution in [0.1, 0.15) is 12.8 Å². The highest BCUT2D eigenvalue weighted by molar-refractivity contribution is 5.89. The van der Waals surface area contributed by atoms with Crippen LogP contribution in [0.25, 0.3) is 10.9 Å². The van der Waals surface area contributed by atoms with E-state index >= 15 is 0 Å². The second-order valence-electron chi connectivity index (χ2n) is 4.76. The van der Waals surface area contributed by atoms with E-state index in [0.29, 0.717) is 6.04 Å². The fourth-order valence-electron chi connectivity index (χ4n) is 2.62. The molecule has 3 rings (SSSR count). The number of halogens is 2. The maximum atomic E-state index is 4.48. The van der Waals surface area contributed by atoms with Gasteiger partial charge in [0.2, 0.25) is 0 Å². The van der Waals surface area contributed by atoms with E-state index in [-0.39, 0.29) is 24.8 Å². The number of anilines is 1. The molecule has 0 spiro atoms. The van der Waals surface area contributed by atoms with Crippen molar-refractivity contribution in [1.29, 1.82) is 0 Å². The quantitative estimate of drug-likeness (QED) is 0.925. The van der Waals surface area contributed by atoms with Gasteiger partial charge in [0.05, 0.1) is 5.52 Å². The zero-order chi connectivity index (χ0) is 12.4. The highest BCUT2D eigenvalue weighted by Gasteiger charge is 2.20. The molecule has 1 aliphatic rings. The first-order valence-corrected chi connectivity index (χ1v) is 6.50. The Bertz CT molecular complexity index is 536. The number of hydrogen-bond donors (Lipinski definition) is 1. The molecule has 1 N–H and O–H groups in total. The van der Waals surface area contributed by atoms with Gasteiger partial charge in [-0.05, 0) is 32.0 Å². The molecule has 0 atom stereocenters. The van der Waals surface area contributed by atoms with E-state index in [2.05, 4.69) is 32.3 Å². The van der Waals surface area contributed by atoms with Gasteiger partial charge in [-0.1, -0.05) is 12.1 Å². The summed E-state index contributed by atoms with van der Waals surface area (Å²) in [7, 11) is 2.04. The maximum Gasteiger partial charge on any atom is 0.139 e. The molecule has 0 aliphatic carbocycles. The predicted molar refractivity (Wildman–Crippen MR) is 88.3 cm³/mol. The topological polar surface area (TPSA) is 41.0 Å². The minimum absolute atomic E-state index is 0. The third-order valence-electron chi connectivity index (χ3n) is 3.72. The van der Waals surface area contributed by atoms with Crippen molar-refractivity contribution in [2.24, 2.45) is 0 Å². The predicted octanol–water partition coefficient (Wildman–Crippen LogP) is 2.66. The Morgan fingerprint density at radius 3 is 2.50 bits per heavy atom. The number of hydrogen-bond acceptors (Lipinski definition) is 4. The molecule has 2 aromatic rings. The normalized spacial score (nSPS) is 15.6. The van der Waals surface area contributed by atoms with Crippen LogP contribution in [-0.2, 0) is 0 Å². The summed E-state index contributed by atoms with van der Waals surface area (Å²) >= 11 is 0. The molecular weight excluding hydrogens is 295 g/mol. The van der Waals surface area contributed by atoms with Crippen molar-refractivity contribution in [1.82, 2.24) is 15.3 Å². The molecular formula is C14H20Cl2N4. The van der Waals surface area contributed by atoms with E-state index < -0.39 is 0 Å². The Kier molecular flexibility index (Phi) is 6.46. The summed E-state index contributed by atoms with van der Waals surface area (Å²) in [6.07, 6.45) is 4.02. The summed E-state index contributed by atoms with van der Waals surface area (Å²) in [6.45, 7) is 2.12. The van der Waals surface area contributed by atoms with Crippen LogP contribution in [0.3, 0.4) is 0 Å². The minimum atomic E-state index is 0. The van der Waals surface area contributed by atoms with E-state index in [9.17, 15) is 0 Å². The first-order valence-electron chi connectivity index (χ1n) is 6.50. The lowest BCUT2D eigenvalue weighted by Crippen LogP contribution is -2.41. The molecule has 2 heterocycles. The molecule has 1 saturated heterocycles. The zero-order valence-electron chi connectivity index (χ0n) is 11.5. The fourth-order valence-corrected chi connectivity index (χ4v) is 2.62. The molecule has 20 heavy (non-hydrogen) atoms. The van der Waals surface area contributed by atoms with Crippen molar-refractivity contribution in [3.63, 3.8) is 0 Å². The highest BCUT2D eigenvalue weighted by Crippen LogP contribution is 2.25. The number of nitrogens with one attached hydrogen (secondary N) is 1. The lowest BCUT2D eigenvalue weighted by molar-refractivity contribution is 0.441. The Labute approximate surface area is 131 Å². The third-order valence-corrected chi connectivity index (χ3v) is 3.72. The molecule has 1 aliphatic heterocycles. The van der Waals surface area contributed by atoms with Crippen LogP contribution in [0.2, 0.25) is 0 Å². The van der Waals surface area contributed by atoms with Gasteiger partial charge in [0.15, 0.2) is 0 Å². The lowest BCUT2D eigenvalue weighted by atomic mass is 10.0. The summed E-state index contributed by atoms with van der Waals surface area (Å²) < 4.78 is 0. The number of para-hydroxylation sites is 1. The lowest BCUT2D eigenvalue weighted by Gasteiger charge is -2.33. The Balaban J connectivity index is 0.000001000. The summed E-state index contributed by atoms with van der Waals surface area (Å²) in [4.78, 5) is 11.2. The SMILES string of the molecule is CNC1CCN(c2ncnc3ccccc23)CC1.Cl.Cl. The molecule has 0 amide bonds. The second kappa shape index (κ2) is 7.62. The maximum absolute atomic E-state index is 4.48. The molecule has 0 unspecified atom stereocenters. The van der Waals surface area contributed by atoms with Crippen LogP contribution in [0.5, 0.6) is 0 Å². The van der Waals surface area contributed by atoms with E-state index in [1.54, 1.807) is 6.33 Å². The molecule has 0 radical (unpaired) electrons. The van der Waals surface area contributed by atoms with Gasteiger partial charge < -0.3 is 10.2 Å². The Hall–Kier alpha value is -1.10. The van der Waals surface area contributed by atoms with Gasteiger partial charge in [0.1, 0.15) is 12.1 Å². The molecule has 0 saturated carbocycles. The summed E-state index contributed by atoms with van der Waals surface area (Å²) in [5.41, 5.74) is 1.03.